The van der Waals surface area contributed by atoms with Gasteiger partial charge in [0.2, 0.25) is 5.89 Å². The highest BCUT2D eigenvalue weighted by Gasteiger charge is 2.10. The fourth-order valence-electron chi connectivity index (χ4n) is 1.54. The van der Waals surface area contributed by atoms with E-state index in [1.54, 1.807) is 18.2 Å². The number of pyridine rings is 1. The fraction of sp³-hybridized carbons (Fsp3) is 0. The molecule has 3 nitrogen and oxygen atoms in total. The van der Waals surface area contributed by atoms with Crippen molar-refractivity contribution in [2.75, 3.05) is 0 Å². The number of nitrogens with zero attached hydrogens (tertiary/aromatic N) is 2. The van der Waals surface area contributed by atoms with E-state index >= 15 is 0 Å². The van der Waals surface area contributed by atoms with E-state index in [0.717, 1.165) is 0 Å². The maximum absolute atomic E-state index is 13.0. The topological polar surface area (TPSA) is 38.9 Å². The summed E-state index contributed by atoms with van der Waals surface area (Å²) in [4.78, 5) is 8.23. The average molecular weight is 249 g/mol. The van der Waals surface area contributed by atoms with Crippen LogP contribution < -0.4 is 0 Å². The zero-order valence-electron chi connectivity index (χ0n) is 8.52. The highest BCUT2D eigenvalue weighted by atomic mass is 35.5. The second kappa shape index (κ2) is 3.82. The van der Waals surface area contributed by atoms with Crippen molar-refractivity contribution in [3.63, 3.8) is 0 Å². The first-order valence-electron chi connectivity index (χ1n) is 4.91. The average Bonchev–Trinajstić information content (AvgIpc) is 2.72. The predicted molar refractivity (Wildman–Crippen MR) is 62.2 cm³/mol. The summed E-state index contributed by atoms with van der Waals surface area (Å²) in [5, 5.41) is 0.357. The summed E-state index contributed by atoms with van der Waals surface area (Å²) in [5.74, 6) is -0.0236. The van der Waals surface area contributed by atoms with Gasteiger partial charge in [0.05, 0.1) is 0 Å². The maximum Gasteiger partial charge on any atom is 0.246 e. The standard InChI is InChI=1S/C12H6ClFN2O/c13-11-3-1-2-8(15-11)12-16-9-6-7(14)4-5-10(9)17-12/h1-6H. The van der Waals surface area contributed by atoms with Gasteiger partial charge in [0.25, 0.3) is 0 Å². The Morgan fingerprint density at radius 1 is 1.12 bits per heavy atom. The van der Waals surface area contributed by atoms with Gasteiger partial charge in [-0.1, -0.05) is 17.7 Å². The minimum atomic E-state index is -0.351. The maximum atomic E-state index is 13.0. The Bertz CT molecular complexity index is 696. The third-order valence-electron chi connectivity index (χ3n) is 2.28. The molecule has 17 heavy (non-hydrogen) atoms. The van der Waals surface area contributed by atoms with Crippen LogP contribution in [0, 0.1) is 5.82 Å². The number of halogens is 2. The first kappa shape index (κ1) is 10.2. The molecule has 0 unspecified atom stereocenters. The van der Waals surface area contributed by atoms with Gasteiger partial charge in [-0.05, 0) is 24.3 Å². The van der Waals surface area contributed by atoms with Crippen LogP contribution in [0.15, 0.2) is 40.8 Å². The van der Waals surface area contributed by atoms with Gasteiger partial charge in [-0.2, -0.15) is 0 Å². The molecule has 84 valence electrons. The molecule has 0 aliphatic rings. The number of fused-ring (bicyclic) bond motifs is 1. The Morgan fingerprint density at radius 3 is 2.82 bits per heavy atom. The van der Waals surface area contributed by atoms with Crippen molar-refractivity contribution >= 4 is 22.7 Å². The van der Waals surface area contributed by atoms with E-state index in [-0.39, 0.29) is 5.82 Å². The summed E-state index contributed by atoms with van der Waals surface area (Å²) in [6, 6.07) is 9.31. The Labute approximate surface area is 101 Å². The monoisotopic (exact) mass is 248 g/mol. The lowest BCUT2D eigenvalue weighted by atomic mass is 10.3. The highest BCUT2D eigenvalue weighted by Crippen LogP contribution is 2.24. The van der Waals surface area contributed by atoms with Crippen LogP contribution in [0.25, 0.3) is 22.7 Å². The first-order chi connectivity index (χ1) is 8.22. The normalized spacial score (nSPS) is 10.9. The van der Waals surface area contributed by atoms with Gasteiger partial charge in [-0.15, -0.1) is 0 Å². The molecule has 2 heterocycles. The number of rotatable bonds is 1. The first-order valence-corrected chi connectivity index (χ1v) is 5.29. The molecule has 0 saturated heterocycles. The molecule has 5 heteroatoms. The molecular formula is C12H6ClFN2O. The molecule has 0 atom stereocenters. The predicted octanol–water partition coefficient (Wildman–Crippen LogP) is 3.68. The third kappa shape index (κ3) is 1.87. The van der Waals surface area contributed by atoms with Gasteiger partial charge in [0.1, 0.15) is 22.2 Å². The Balaban J connectivity index is 2.18. The second-order valence-corrected chi connectivity index (χ2v) is 3.86. The van der Waals surface area contributed by atoms with Gasteiger partial charge in [0.15, 0.2) is 5.58 Å². The van der Waals surface area contributed by atoms with E-state index in [0.29, 0.717) is 27.8 Å². The zero-order chi connectivity index (χ0) is 11.8. The van der Waals surface area contributed by atoms with Crippen LogP contribution in [0.4, 0.5) is 4.39 Å². The van der Waals surface area contributed by atoms with E-state index < -0.39 is 0 Å². The lowest BCUT2D eigenvalue weighted by Crippen LogP contribution is -1.82. The lowest BCUT2D eigenvalue weighted by Gasteiger charge is -1.93. The quantitative estimate of drug-likeness (QED) is 0.617. The van der Waals surface area contributed by atoms with Gasteiger partial charge in [0, 0.05) is 6.07 Å². The number of aromatic nitrogens is 2. The molecule has 3 aromatic rings. The van der Waals surface area contributed by atoms with Crippen LogP contribution in [0.5, 0.6) is 0 Å². The number of hydrogen-bond acceptors (Lipinski definition) is 3. The van der Waals surface area contributed by atoms with E-state index in [2.05, 4.69) is 9.97 Å². The van der Waals surface area contributed by atoms with Crippen LogP contribution >= 0.6 is 11.6 Å². The van der Waals surface area contributed by atoms with Crippen LogP contribution in [-0.2, 0) is 0 Å². The highest BCUT2D eigenvalue weighted by molar-refractivity contribution is 6.29. The summed E-state index contributed by atoms with van der Waals surface area (Å²) in [6.45, 7) is 0. The fourth-order valence-corrected chi connectivity index (χ4v) is 1.70. The number of hydrogen-bond donors (Lipinski definition) is 0. The molecule has 0 saturated carbocycles. The van der Waals surface area contributed by atoms with E-state index in [4.69, 9.17) is 16.0 Å². The van der Waals surface area contributed by atoms with Crippen LogP contribution in [0.1, 0.15) is 0 Å². The van der Waals surface area contributed by atoms with E-state index in [9.17, 15) is 4.39 Å². The van der Waals surface area contributed by atoms with Gasteiger partial charge < -0.3 is 4.42 Å². The van der Waals surface area contributed by atoms with Crippen LogP contribution in [0.3, 0.4) is 0 Å². The molecule has 1 aromatic carbocycles. The van der Waals surface area contributed by atoms with E-state index in [1.165, 1.54) is 18.2 Å². The zero-order valence-corrected chi connectivity index (χ0v) is 9.28. The molecule has 2 aromatic heterocycles. The van der Waals surface area contributed by atoms with E-state index in [1.807, 2.05) is 0 Å². The largest absolute Gasteiger partial charge is 0.435 e. The molecule has 0 fully saturated rings. The summed E-state index contributed by atoms with van der Waals surface area (Å²) < 4.78 is 18.5. The molecule has 0 aliphatic heterocycles. The number of oxazole rings is 1. The molecule has 0 spiro atoms. The van der Waals surface area contributed by atoms with Gasteiger partial charge in [-0.25, -0.2) is 14.4 Å². The number of benzene rings is 1. The van der Waals surface area contributed by atoms with Gasteiger partial charge >= 0.3 is 0 Å². The molecular weight excluding hydrogens is 243 g/mol. The molecule has 0 radical (unpaired) electrons. The Hall–Kier alpha value is -1.94. The van der Waals surface area contributed by atoms with Crippen molar-refractivity contribution in [3.8, 4) is 11.6 Å². The summed E-state index contributed by atoms with van der Waals surface area (Å²) in [6.07, 6.45) is 0. The van der Waals surface area contributed by atoms with Crippen molar-refractivity contribution in [2.45, 2.75) is 0 Å². The van der Waals surface area contributed by atoms with Crippen LogP contribution in [-0.4, -0.2) is 9.97 Å². The van der Waals surface area contributed by atoms with Crippen molar-refractivity contribution in [1.82, 2.24) is 9.97 Å². The van der Waals surface area contributed by atoms with Crippen molar-refractivity contribution in [2.24, 2.45) is 0 Å². The molecule has 0 N–H and O–H groups in total. The van der Waals surface area contributed by atoms with Crippen molar-refractivity contribution < 1.29 is 8.81 Å². The Morgan fingerprint density at radius 2 is 2.00 bits per heavy atom. The summed E-state index contributed by atoms with van der Waals surface area (Å²) >= 11 is 5.78. The smallest absolute Gasteiger partial charge is 0.246 e. The molecule has 0 amide bonds. The molecule has 3 rings (SSSR count). The molecule has 0 bridgehead atoms. The minimum absolute atomic E-state index is 0.327. The Kier molecular flexibility index (Phi) is 2.30. The summed E-state index contributed by atoms with van der Waals surface area (Å²) in [7, 11) is 0. The van der Waals surface area contributed by atoms with Crippen LogP contribution in [0.2, 0.25) is 5.15 Å². The third-order valence-corrected chi connectivity index (χ3v) is 2.49. The second-order valence-electron chi connectivity index (χ2n) is 3.48. The lowest BCUT2D eigenvalue weighted by molar-refractivity contribution is 0.612. The minimum Gasteiger partial charge on any atom is -0.435 e. The summed E-state index contributed by atoms with van der Waals surface area (Å²) in [5.41, 5.74) is 1.50. The van der Waals surface area contributed by atoms with Crippen molar-refractivity contribution in [3.05, 3.63) is 47.4 Å². The van der Waals surface area contributed by atoms with Gasteiger partial charge in [-0.3, -0.25) is 0 Å². The van der Waals surface area contributed by atoms with Crippen molar-refractivity contribution in [1.29, 1.82) is 0 Å². The SMILES string of the molecule is Fc1ccc2oc(-c3cccc(Cl)n3)nc2c1. The molecule has 0 aliphatic carbocycles.